The fourth-order valence-corrected chi connectivity index (χ4v) is 4.44. The molecule has 1 fully saturated rings. The molecule has 29 heavy (non-hydrogen) atoms. The Morgan fingerprint density at radius 2 is 1.90 bits per heavy atom. The molecular formula is C22H26N4O2S. The number of hydrogen-bond donors (Lipinski definition) is 1. The fraction of sp³-hybridized carbons (Fsp3) is 0.364. The Balaban J connectivity index is 1.40. The van der Waals surface area contributed by atoms with E-state index in [1.807, 2.05) is 49.4 Å². The number of hydrogen-bond acceptors (Lipinski definition) is 6. The van der Waals surface area contributed by atoms with Gasteiger partial charge in [-0.25, -0.2) is 4.98 Å². The van der Waals surface area contributed by atoms with Gasteiger partial charge in [-0.15, -0.1) is 0 Å². The number of ether oxygens (including phenoxy) is 1. The molecule has 7 heteroatoms. The summed E-state index contributed by atoms with van der Waals surface area (Å²) in [5, 5.41) is 4.07. The number of fused-ring (bicyclic) bond motifs is 1. The number of aromatic nitrogens is 1. The highest BCUT2D eigenvalue weighted by atomic mass is 32.1. The van der Waals surface area contributed by atoms with Crippen molar-refractivity contribution in [1.29, 1.82) is 0 Å². The van der Waals surface area contributed by atoms with Crippen LogP contribution in [0.15, 0.2) is 42.5 Å². The third-order valence-corrected chi connectivity index (χ3v) is 6.11. The standard InChI is InChI=1S/C22H26N4O2S/c1-3-28-18-7-4-16(5-8-18)14-21(27)23-17-6-9-19-20(15-17)29-22(24-19)26-12-10-25(2)11-13-26/h4-9,15H,3,10-14H2,1-2H3,(H,23,27). The van der Waals surface area contributed by atoms with Crippen LogP contribution < -0.4 is 15.0 Å². The number of piperazine rings is 1. The Labute approximate surface area is 175 Å². The van der Waals surface area contributed by atoms with E-state index in [-0.39, 0.29) is 5.91 Å². The molecule has 152 valence electrons. The number of thiazole rings is 1. The second kappa shape index (κ2) is 8.80. The summed E-state index contributed by atoms with van der Waals surface area (Å²) >= 11 is 1.69. The minimum Gasteiger partial charge on any atom is -0.494 e. The largest absolute Gasteiger partial charge is 0.494 e. The van der Waals surface area contributed by atoms with Gasteiger partial charge in [0.15, 0.2) is 5.13 Å². The smallest absolute Gasteiger partial charge is 0.228 e. The number of amides is 1. The van der Waals surface area contributed by atoms with E-state index in [0.29, 0.717) is 13.0 Å². The zero-order valence-corrected chi connectivity index (χ0v) is 17.7. The zero-order valence-electron chi connectivity index (χ0n) is 16.9. The van der Waals surface area contributed by atoms with Crippen LogP contribution >= 0.6 is 11.3 Å². The van der Waals surface area contributed by atoms with Gasteiger partial charge in [0.2, 0.25) is 5.91 Å². The lowest BCUT2D eigenvalue weighted by atomic mass is 10.1. The number of nitrogens with zero attached hydrogens (tertiary/aromatic N) is 3. The van der Waals surface area contributed by atoms with Crippen molar-refractivity contribution in [2.24, 2.45) is 0 Å². The van der Waals surface area contributed by atoms with E-state index in [4.69, 9.17) is 9.72 Å². The molecule has 0 radical (unpaired) electrons. The first kappa shape index (κ1) is 19.7. The van der Waals surface area contributed by atoms with Crippen molar-refractivity contribution in [3.05, 3.63) is 48.0 Å². The molecule has 4 rings (SSSR count). The summed E-state index contributed by atoms with van der Waals surface area (Å²) in [6, 6.07) is 13.6. The van der Waals surface area contributed by atoms with Crippen molar-refractivity contribution >= 4 is 38.3 Å². The molecule has 0 unspecified atom stereocenters. The highest BCUT2D eigenvalue weighted by molar-refractivity contribution is 7.22. The van der Waals surface area contributed by atoms with Crippen molar-refractivity contribution < 1.29 is 9.53 Å². The van der Waals surface area contributed by atoms with E-state index in [1.54, 1.807) is 11.3 Å². The molecule has 0 bridgehead atoms. The molecule has 0 saturated carbocycles. The molecular weight excluding hydrogens is 384 g/mol. The number of likely N-dealkylation sites (N-methyl/N-ethyl adjacent to an activating group) is 1. The molecule has 1 aliphatic heterocycles. The van der Waals surface area contributed by atoms with Gasteiger partial charge in [0, 0.05) is 31.9 Å². The van der Waals surface area contributed by atoms with Gasteiger partial charge in [0.05, 0.1) is 23.2 Å². The second-order valence-electron chi connectivity index (χ2n) is 7.27. The van der Waals surface area contributed by atoms with Gasteiger partial charge < -0.3 is 19.9 Å². The van der Waals surface area contributed by atoms with Crippen LogP contribution in [-0.4, -0.2) is 55.6 Å². The molecule has 1 N–H and O–H groups in total. The molecule has 0 spiro atoms. The predicted molar refractivity (Wildman–Crippen MR) is 119 cm³/mol. The van der Waals surface area contributed by atoms with Gasteiger partial charge in [-0.1, -0.05) is 23.5 Å². The molecule has 6 nitrogen and oxygen atoms in total. The minimum absolute atomic E-state index is 0.0303. The van der Waals surface area contributed by atoms with Gasteiger partial charge >= 0.3 is 0 Å². The van der Waals surface area contributed by atoms with Crippen LogP contribution in [-0.2, 0) is 11.2 Å². The van der Waals surface area contributed by atoms with Gasteiger partial charge in [-0.2, -0.15) is 0 Å². The maximum absolute atomic E-state index is 12.4. The van der Waals surface area contributed by atoms with Gasteiger partial charge in [-0.3, -0.25) is 4.79 Å². The van der Waals surface area contributed by atoms with E-state index in [0.717, 1.165) is 58.5 Å². The van der Waals surface area contributed by atoms with Crippen LogP contribution in [0.25, 0.3) is 10.2 Å². The van der Waals surface area contributed by atoms with E-state index >= 15 is 0 Å². The number of carbonyl (C=O) groups excluding carboxylic acids is 1. The molecule has 0 aliphatic carbocycles. The van der Waals surface area contributed by atoms with Crippen LogP contribution in [0.4, 0.5) is 10.8 Å². The van der Waals surface area contributed by atoms with Crippen LogP contribution in [0.1, 0.15) is 12.5 Å². The van der Waals surface area contributed by atoms with E-state index in [9.17, 15) is 4.79 Å². The van der Waals surface area contributed by atoms with Crippen molar-refractivity contribution in [2.75, 3.05) is 50.1 Å². The van der Waals surface area contributed by atoms with E-state index < -0.39 is 0 Å². The molecule has 1 saturated heterocycles. The Hall–Kier alpha value is -2.64. The first-order chi connectivity index (χ1) is 14.1. The van der Waals surface area contributed by atoms with Crippen LogP contribution in [0.3, 0.4) is 0 Å². The second-order valence-corrected chi connectivity index (χ2v) is 8.28. The SMILES string of the molecule is CCOc1ccc(CC(=O)Nc2ccc3nc(N4CCN(C)CC4)sc3c2)cc1. The lowest BCUT2D eigenvalue weighted by Crippen LogP contribution is -2.44. The monoisotopic (exact) mass is 410 g/mol. The van der Waals surface area contributed by atoms with Crippen LogP contribution in [0.5, 0.6) is 5.75 Å². The summed E-state index contributed by atoms with van der Waals surface area (Å²) in [5.74, 6) is 0.792. The maximum atomic E-state index is 12.4. The first-order valence-corrected chi connectivity index (χ1v) is 10.8. The third-order valence-electron chi connectivity index (χ3n) is 5.03. The van der Waals surface area contributed by atoms with Crippen molar-refractivity contribution in [3.63, 3.8) is 0 Å². The molecule has 0 atom stereocenters. The van der Waals surface area contributed by atoms with Crippen LogP contribution in [0.2, 0.25) is 0 Å². The molecule has 1 aromatic heterocycles. The summed E-state index contributed by atoms with van der Waals surface area (Å²) < 4.78 is 6.54. The van der Waals surface area contributed by atoms with Crippen molar-refractivity contribution in [3.8, 4) is 5.75 Å². The Kier molecular flexibility index (Phi) is 5.97. The summed E-state index contributed by atoms with van der Waals surface area (Å²) in [5.41, 5.74) is 2.75. The molecule has 3 aromatic rings. The van der Waals surface area contributed by atoms with Crippen molar-refractivity contribution in [2.45, 2.75) is 13.3 Å². The Morgan fingerprint density at radius 3 is 2.62 bits per heavy atom. The number of anilines is 2. The highest BCUT2D eigenvalue weighted by Gasteiger charge is 2.17. The number of nitrogens with one attached hydrogen (secondary N) is 1. The molecule has 1 amide bonds. The van der Waals surface area contributed by atoms with Gasteiger partial charge in [-0.05, 0) is 49.9 Å². The third kappa shape index (κ3) is 4.86. The summed E-state index contributed by atoms with van der Waals surface area (Å²) in [7, 11) is 2.15. The van der Waals surface area contributed by atoms with Gasteiger partial charge in [0.25, 0.3) is 0 Å². The summed E-state index contributed by atoms with van der Waals surface area (Å²) in [6.45, 7) is 6.71. The predicted octanol–water partition coefficient (Wildman–Crippen LogP) is 3.63. The average Bonchev–Trinajstić information content (AvgIpc) is 3.13. The number of benzene rings is 2. The van der Waals surface area contributed by atoms with E-state index in [1.165, 1.54) is 0 Å². The average molecular weight is 411 g/mol. The molecule has 2 heterocycles. The lowest BCUT2D eigenvalue weighted by Gasteiger charge is -2.31. The van der Waals surface area contributed by atoms with Crippen LogP contribution in [0, 0.1) is 0 Å². The summed E-state index contributed by atoms with van der Waals surface area (Å²) in [6.07, 6.45) is 0.333. The fourth-order valence-electron chi connectivity index (χ4n) is 3.38. The topological polar surface area (TPSA) is 57.7 Å². The Morgan fingerprint density at radius 1 is 1.14 bits per heavy atom. The summed E-state index contributed by atoms with van der Waals surface area (Å²) in [4.78, 5) is 21.9. The highest BCUT2D eigenvalue weighted by Crippen LogP contribution is 2.31. The lowest BCUT2D eigenvalue weighted by molar-refractivity contribution is -0.115. The zero-order chi connectivity index (χ0) is 20.2. The Bertz CT molecular complexity index is 978. The first-order valence-electron chi connectivity index (χ1n) is 9.96. The maximum Gasteiger partial charge on any atom is 0.228 e. The molecule has 2 aromatic carbocycles. The number of rotatable bonds is 6. The quantitative estimate of drug-likeness (QED) is 0.673. The molecule has 1 aliphatic rings. The minimum atomic E-state index is -0.0303. The van der Waals surface area contributed by atoms with E-state index in [2.05, 4.69) is 22.2 Å². The van der Waals surface area contributed by atoms with Gasteiger partial charge in [0.1, 0.15) is 5.75 Å². The number of carbonyl (C=O) groups is 1. The van der Waals surface area contributed by atoms with Crippen molar-refractivity contribution in [1.82, 2.24) is 9.88 Å². The normalized spacial score (nSPS) is 14.9.